The number of carbonyl (C=O) groups excluding carboxylic acids is 1. The summed E-state index contributed by atoms with van der Waals surface area (Å²) in [4.78, 5) is 14.0. The van der Waals surface area contributed by atoms with Gasteiger partial charge in [0, 0.05) is 20.0 Å². The molecule has 0 aromatic heterocycles. The molecule has 2 aromatic rings. The van der Waals surface area contributed by atoms with Gasteiger partial charge in [-0.3, -0.25) is 10.2 Å². The third-order valence-electron chi connectivity index (χ3n) is 4.25. The Balaban J connectivity index is 1.71. The molecule has 1 N–H and O–H groups in total. The quantitative estimate of drug-likeness (QED) is 0.522. The van der Waals surface area contributed by atoms with E-state index in [0.29, 0.717) is 5.84 Å². The number of piperidine rings is 1. The Bertz CT molecular complexity index is 701. The van der Waals surface area contributed by atoms with Crippen LogP contribution in [0, 0.1) is 0 Å². The Labute approximate surface area is 143 Å². The summed E-state index contributed by atoms with van der Waals surface area (Å²) < 4.78 is 0. The minimum atomic E-state index is 0.00491. The van der Waals surface area contributed by atoms with Crippen molar-refractivity contribution in [2.24, 2.45) is 5.10 Å². The smallest absolute Gasteiger partial charge is 0.196 e. The SMILES string of the molecule is CC(=O)C(=NNc1ccc(-c2ccccc2)cc1)N1CCCCC1. The first-order valence-electron chi connectivity index (χ1n) is 8.49. The lowest BCUT2D eigenvalue weighted by Gasteiger charge is -2.28. The molecule has 1 aliphatic heterocycles. The highest BCUT2D eigenvalue weighted by Gasteiger charge is 2.18. The highest BCUT2D eigenvalue weighted by atomic mass is 16.1. The number of hydrogen-bond donors (Lipinski definition) is 1. The van der Waals surface area contributed by atoms with Gasteiger partial charge < -0.3 is 4.90 Å². The lowest BCUT2D eigenvalue weighted by Crippen LogP contribution is -2.39. The molecule has 0 spiro atoms. The molecule has 24 heavy (non-hydrogen) atoms. The van der Waals surface area contributed by atoms with Crippen LogP contribution in [0.2, 0.25) is 0 Å². The largest absolute Gasteiger partial charge is 0.352 e. The molecule has 1 saturated heterocycles. The molecule has 0 aliphatic carbocycles. The summed E-state index contributed by atoms with van der Waals surface area (Å²) in [7, 11) is 0. The number of Topliss-reactive ketones (excluding diaryl/α,β-unsaturated/α-hetero) is 1. The minimum absolute atomic E-state index is 0.00491. The van der Waals surface area contributed by atoms with Crippen LogP contribution < -0.4 is 5.43 Å². The van der Waals surface area contributed by atoms with Gasteiger partial charge in [0.15, 0.2) is 11.6 Å². The standard InChI is InChI=1S/C20H23N3O/c1-16(24)20(23-14-6-3-7-15-23)22-21-19-12-10-18(11-13-19)17-8-4-2-5-9-17/h2,4-5,8-13,21H,3,6-7,14-15H2,1H3. The molecule has 4 nitrogen and oxygen atoms in total. The van der Waals surface area contributed by atoms with Crippen molar-refractivity contribution in [3.05, 3.63) is 54.6 Å². The zero-order valence-corrected chi connectivity index (χ0v) is 14.0. The predicted molar refractivity (Wildman–Crippen MR) is 99.0 cm³/mol. The molecule has 124 valence electrons. The van der Waals surface area contributed by atoms with Crippen LogP contribution in [0.5, 0.6) is 0 Å². The van der Waals surface area contributed by atoms with E-state index in [-0.39, 0.29) is 5.78 Å². The van der Waals surface area contributed by atoms with E-state index < -0.39 is 0 Å². The molecule has 0 atom stereocenters. The van der Waals surface area contributed by atoms with Crippen molar-refractivity contribution in [1.82, 2.24) is 4.90 Å². The van der Waals surface area contributed by atoms with Crippen LogP contribution in [0.4, 0.5) is 5.69 Å². The number of anilines is 1. The number of benzene rings is 2. The molecule has 4 heteroatoms. The van der Waals surface area contributed by atoms with Gasteiger partial charge in [-0.15, -0.1) is 0 Å². The Morgan fingerprint density at radius 3 is 2.17 bits per heavy atom. The average molecular weight is 321 g/mol. The molecule has 1 aliphatic rings. The van der Waals surface area contributed by atoms with Crippen LogP contribution in [-0.4, -0.2) is 29.6 Å². The van der Waals surface area contributed by atoms with Crippen molar-refractivity contribution in [3.63, 3.8) is 0 Å². The van der Waals surface area contributed by atoms with Crippen LogP contribution in [-0.2, 0) is 4.79 Å². The summed E-state index contributed by atoms with van der Waals surface area (Å²) in [5.41, 5.74) is 6.25. The van der Waals surface area contributed by atoms with E-state index in [0.717, 1.165) is 37.2 Å². The maximum Gasteiger partial charge on any atom is 0.196 e. The number of nitrogens with one attached hydrogen (secondary N) is 1. The number of amidine groups is 1. The van der Waals surface area contributed by atoms with E-state index in [1.165, 1.54) is 12.0 Å². The summed E-state index contributed by atoms with van der Waals surface area (Å²) in [6.07, 6.45) is 3.48. The molecule has 0 unspecified atom stereocenters. The molecular weight excluding hydrogens is 298 g/mol. The first-order valence-corrected chi connectivity index (χ1v) is 8.49. The highest BCUT2D eigenvalue weighted by molar-refractivity contribution is 6.37. The Morgan fingerprint density at radius 1 is 0.917 bits per heavy atom. The van der Waals surface area contributed by atoms with Crippen LogP contribution in [0.15, 0.2) is 59.7 Å². The number of rotatable bonds is 4. The van der Waals surface area contributed by atoms with E-state index in [9.17, 15) is 4.79 Å². The number of hydrogen-bond acceptors (Lipinski definition) is 3. The van der Waals surface area contributed by atoms with E-state index in [1.807, 2.05) is 30.3 Å². The second kappa shape index (κ2) is 7.77. The lowest BCUT2D eigenvalue weighted by molar-refractivity contribution is -0.111. The van der Waals surface area contributed by atoms with Crippen molar-refractivity contribution < 1.29 is 4.79 Å². The highest BCUT2D eigenvalue weighted by Crippen LogP contribution is 2.21. The molecule has 0 radical (unpaired) electrons. The lowest BCUT2D eigenvalue weighted by atomic mass is 10.1. The van der Waals surface area contributed by atoms with Crippen LogP contribution in [0.25, 0.3) is 11.1 Å². The average Bonchev–Trinajstić information content (AvgIpc) is 2.64. The Morgan fingerprint density at radius 2 is 1.54 bits per heavy atom. The first-order chi connectivity index (χ1) is 11.7. The maximum absolute atomic E-state index is 11.9. The van der Waals surface area contributed by atoms with Crippen molar-refractivity contribution >= 4 is 17.3 Å². The fourth-order valence-corrected chi connectivity index (χ4v) is 2.96. The summed E-state index contributed by atoms with van der Waals surface area (Å²) in [5.74, 6) is 0.534. The predicted octanol–water partition coefficient (Wildman–Crippen LogP) is 4.15. The molecule has 0 amide bonds. The van der Waals surface area contributed by atoms with E-state index in [1.54, 1.807) is 6.92 Å². The van der Waals surface area contributed by atoms with Crippen molar-refractivity contribution in [3.8, 4) is 11.1 Å². The zero-order chi connectivity index (χ0) is 16.8. The van der Waals surface area contributed by atoms with Crippen LogP contribution >= 0.6 is 0 Å². The Kier molecular flexibility index (Phi) is 5.26. The topological polar surface area (TPSA) is 44.7 Å². The summed E-state index contributed by atoms with van der Waals surface area (Å²) in [6.45, 7) is 3.40. The van der Waals surface area contributed by atoms with Gasteiger partial charge >= 0.3 is 0 Å². The van der Waals surface area contributed by atoms with Gasteiger partial charge in [-0.1, -0.05) is 42.5 Å². The third-order valence-corrected chi connectivity index (χ3v) is 4.25. The van der Waals surface area contributed by atoms with Crippen molar-refractivity contribution in [2.75, 3.05) is 18.5 Å². The fourth-order valence-electron chi connectivity index (χ4n) is 2.96. The minimum Gasteiger partial charge on any atom is -0.352 e. The summed E-state index contributed by atoms with van der Waals surface area (Å²) >= 11 is 0. The number of hydrazone groups is 1. The maximum atomic E-state index is 11.9. The number of nitrogens with zero attached hydrogens (tertiary/aromatic N) is 2. The van der Waals surface area contributed by atoms with Gasteiger partial charge in [0.2, 0.25) is 0 Å². The molecule has 0 bridgehead atoms. The first kappa shape index (κ1) is 16.2. The molecule has 1 heterocycles. The van der Waals surface area contributed by atoms with Gasteiger partial charge in [0.25, 0.3) is 0 Å². The second-order valence-corrected chi connectivity index (χ2v) is 6.09. The fraction of sp³-hybridized carbons (Fsp3) is 0.300. The molecular formula is C20H23N3O. The summed E-state index contributed by atoms with van der Waals surface area (Å²) in [5, 5.41) is 4.36. The summed E-state index contributed by atoms with van der Waals surface area (Å²) in [6, 6.07) is 18.3. The number of likely N-dealkylation sites (tertiary alicyclic amines) is 1. The van der Waals surface area contributed by atoms with Crippen LogP contribution in [0.3, 0.4) is 0 Å². The third kappa shape index (κ3) is 4.02. The molecule has 1 fully saturated rings. The van der Waals surface area contributed by atoms with Gasteiger partial charge in [-0.25, -0.2) is 0 Å². The van der Waals surface area contributed by atoms with Gasteiger partial charge in [0.1, 0.15) is 0 Å². The van der Waals surface area contributed by atoms with Crippen molar-refractivity contribution in [2.45, 2.75) is 26.2 Å². The Hall–Kier alpha value is -2.62. The normalized spacial score (nSPS) is 15.2. The van der Waals surface area contributed by atoms with Gasteiger partial charge in [-0.2, -0.15) is 5.10 Å². The zero-order valence-electron chi connectivity index (χ0n) is 14.0. The molecule has 2 aromatic carbocycles. The van der Waals surface area contributed by atoms with Gasteiger partial charge in [-0.05, 0) is 42.5 Å². The molecule has 0 saturated carbocycles. The monoisotopic (exact) mass is 321 g/mol. The van der Waals surface area contributed by atoms with E-state index >= 15 is 0 Å². The van der Waals surface area contributed by atoms with E-state index in [2.05, 4.69) is 39.7 Å². The van der Waals surface area contributed by atoms with Crippen molar-refractivity contribution in [1.29, 1.82) is 0 Å². The number of ketones is 1. The number of carbonyl (C=O) groups is 1. The van der Waals surface area contributed by atoms with E-state index in [4.69, 9.17) is 0 Å². The second-order valence-electron chi connectivity index (χ2n) is 6.09. The molecule has 3 rings (SSSR count). The van der Waals surface area contributed by atoms with Crippen LogP contribution in [0.1, 0.15) is 26.2 Å². The van der Waals surface area contributed by atoms with Gasteiger partial charge in [0.05, 0.1) is 5.69 Å².